The molecule has 10 nitrogen and oxygen atoms in total. The molecule has 0 saturated carbocycles. The summed E-state index contributed by atoms with van der Waals surface area (Å²) in [5.41, 5.74) is 2.27. The highest BCUT2D eigenvalue weighted by molar-refractivity contribution is 5.96. The van der Waals surface area contributed by atoms with E-state index >= 15 is 0 Å². The van der Waals surface area contributed by atoms with E-state index in [0.29, 0.717) is 78.9 Å². The largest absolute Gasteiger partial charge is 0.497 e. The van der Waals surface area contributed by atoms with E-state index in [0.717, 1.165) is 0 Å². The minimum atomic E-state index is -0.727. The summed E-state index contributed by atoms with van der Waals surface area (Å²) in [6, 6.07) is 22.9. The topological polar surface area (TPSA) is 101 Å². The number of urea groups is 1. The fraction of sp³-hybridized carbons (Fsp3) is 0.324. The third-order valence-corrected chi connectivity index (χ3v) is 7.77. The molecule has 2 heterocycles. The number of hydrogen-bond acceptors (Lipinski definition) is 7. The Bertz CT molecular complexity index is 1520. The monoisotopic (exact) mass is 598 g/mol. The highest BCUT2D eigenvalue weighted by Gasteiger charge is 2.39. The number of carbonyl (C=O) groups excluding carboxylic acids is 3. The van der Waals surface area contributed by atoms with Crippen molar-refractivity contribution in [2.75, 3.05) is 53.0 Å². The van der Waals surface area contributed by atoms with Gasteiger partial charge in [0, 0.05) is 50.5 Å². The fourth-order valence-electron chi connectivity index (χ4n) is 5.55. The van der Waals surface area contributed by atoms with E-state index in [2.05, 4.69) is 10.2 Å². The first-order valence-corrected chi connectivity index (χ1v) is 14.9. The zero-order chi connectivity index (χ0) is 31.1. The molecule has 0 bridgehead atoms. The zero-order valence-corrected chi connectivity index (χ0v) is 25.3. The Morgan fingerprint density at radius 2 is 1.57 bits per heavy atom. The van der Waals surface area contributed by atoms with Crippen LogP contribution < -0.4 is 14.8 Å². The van der Waals surface area contributed by atoms with Crippen LogP contribution in [-0.4, -0.2) is 85.6 Å². The Kier molecular flexibility index (Phi) is 9.81. The SMILES string of the molecule is CCOC(=O)C1=C(CN2CCN(C(=O)c3cccc(OC)c3)CC2)N(CC)C(=O)N[C@@H]1c1cccc(Oc2ccccc2)c1. The number of piperazine rings is 1. The number of rotatable bonds is 10. The summed E-state index contributed by atoms with van der Waals surface area (Å²) in [4.78, 5) is 45.7. The Hall–Kier alpha value is -4.83. The van der Waals surface area contributed by atoms with Gasteiger partial charge in [0.2, 0.25) is 0 Å². The van der Waals surface area contributed by atoms with Gasteiger partial charge in [-0.2, -0.15) is 0 Å². The number of esters is 1. The normalized spacial score (nSPS) is 17.2. The van der Waals surface area contributed by atoms with Gasteiger partial charge in [-0.25, -0.2) is 9.59 Å². The molecule has 2 aliphatic heterocycles. The summed E-state index contributed by atoms with van der Waals surface area (Å²) < 4.78 is 16.9. The first kappa shape index (κ1) is 30.6. The predicted molar refractivity (Wildman–Crippen MR) is 166 cm³/mol. The van der Waals surface area contributed by atoms with Crippen molar-refractivity contribution in [1.29, 1.82) is 0 Å². The number of likely N-dealkylation sites (N-methyl/N-ethyl adjacent to an activating group) is 1. The van der Waals surface area contributed by atoms with Crippen LogP contribution >= 0.6 is 0 Å². The van der Waals surface area contributed by atoms with Crippen LogP contribution in [0.2, 0.25) is 0 Å². The van der Waals surface area contributed by atoms with Crippen LogP contribution in [0.3, 0.4) is 0 Å². The smallest absolute Gasteiger partial charge is 0.338 e. The van der Waals surface area contributed by atoms with Crippen LogP contribution in [0.5, 0.6) is 17.2 Å². The highest BCUT2D eigenvalue weighted by atomic mass is 16.5. The number of ether oxygens (including phenoxy) is 3. The summed E-state index contributed by atoms with van der Waals surface area (Å²) in [6.45, 7) is 6.76. The molecular weight excluding hydrogens is 560 g/mol. The lowest BCUT2D eigenvalue weighted by Gasteiger charge is -2.40. The van der Waals surface area contributed by atoms with E-state index in [1.807, 2.05) is 72.5 Å². The highest BCUT2D eigenvalue weighted by Crippen LogP contribution is 2.34. The minimum Gasteiger partial charge on any atom is -0.497 e. The molecule has 0 aliphatic carbocycles. The Morgan fingerprint density at radius 1 is 0.864 bits per heavy atom. The molecule has 3 aromatic rings. The van der Waals surface area contributed by atoms with Gasteiger partial charge >= 0.3 is 12.0 Å². The van der Waals surface area contributed by atoms with Crippen LogP contribution in [0, 0.1) is 0 Å². The Morgan fingerprint density at radius 3 is 2.27 bits per heavy atom. The van der Waals surface area contributed by atoms with Crippen LogP contribution in [0.15, 0.2) is 90.1 Å². The molecule has 1 saturated heterocycles. The van der Waals surface area contributed by atoms with E-state index in [9.17, 15) is 14.4 Å². The second-order valence-electron chi connectivity index (χ2n) is 10.5. The molecule has 5 rings (SSSR count). The average molecular weight is 599 g/mol. The van der Waals surface area contributed by atoms with E-state index in [1.54, 1.807) is 37.1 Å². The molecule has 0 spiro atoms. The summed E-state index contributed by atoms with van der Waals surface area (Å²) >= 11 is 0. The van der Waals surface area contributed by atoms with Gasteiger partial charge in [-0.15, -0.1) is 0 Å². The molecule has 3 amide bonds. The van der Waals surface area contributed by atoms with Gasteiger partial charge in [-0.1, -0.05) is 36.4 Å². The Labute approximate surface area is 257 Å². The molecule has 0 unspecified atom stereocenters. The third-order valence-electron chi connectivity index (χ3n) is 7.77. The maximum Gasteiger partial charge on any atom is 0.338 e. The maximum absolute atomic E-state index is 13.6. The number of nitrogens with one attached hydrogen (secondary N) is 1. The van der Waals surface area contributed by atoms with Gasteiger partial charge in [0.1, 0.15) is 17.2 Å². The molecule has 230 valence electrons. The average Bonchev–Trinajstić information content (AvgIpc) is 3.05. The summed E-state index contributed by atoms with van der Waals surface area (Å²) in [6.07, 6.45) is 0. The molecule has 3 aromatic carbocycles. The first-order valence-electron chi connectivity index (χ1n) is 14.9. The second kappa shape index (κ2) is 14.1. The molecule has 0 aromatic heterocycles. The second-order valence-corrected chi connectivity index (χ2v) is 10.5. The van der Waals surface area contributed by atoms with Crippen molar-refractivity contribution in [3.05, 3.63) is 101 Å². The van der Waals surface area contributed by atoms with Gasteiger partial charge < -0.3 is 24.4 Å². The van der Waals surface area contributed by atoms with Crippen LogP contribution in [0.4, 0.5) is 4.79 Å². The minimum absolute atomic E-state index is 0.0557. The fourth-order valence-corrected chi connectivity index (χ4v) is 5.55. The number of para-hydroxylation sites is 1. The van der Waals surface area contributed by atoms with Crippen molar-refractivity contribution < 1.29 is 28.6 Å². The summed E-state index contributed by atoms with van der Waals surface area (Å²) in [5, 5.41) is 3.02. The van der Waals surface area contributed by atoms with Crippen molar-refractivity contribution in [2.45, 2.75) is 19.9 Å². The molecule has 10 heteroatoms. The van der Waals surface area contributed by atoms with E-state index in [-0.39, 0.29) is 18.5 Å². The Balaban J connectivity index is 1.40. The van der Waals surface area contributed by atoms with Gasteiger partial charge in [0.05, 0.1) is 25.3 Å². The molecule has 44 heavy (non-hydrogen) atoms. The number of hydrogen-bond donors (Lipinski definition) is 1. The van der Waals surface area contributed by atoms with Crippen molar-refractivity contribution in [2.24, 2.45) is 0 Å². The van der Waals surface area contributed by atoms with Crippen molar-refractivity contribution in [3.8, 4) is 17.2 Å². The lowest BCUT2D eigenvalue weighted by atomic mass is 9.94. The van der Waals surface area contributed by atoms with Crippen LogP contribution in [-0.2, 0) is 9.53 Å². The molecule has 2 aliphatic rings. The van der Waals surface area contributed by atoms with Gasteiger partial charge in [0.15, 0.2) is 0 Å². The number of carbonyl (C=O) groups is 3. The lowest BCUT2D eigenvalue weighted by molar-refractivity contribution is -0.139. The van der Waals surface area contributed by atoms with Gasteiger partial charge in [-0.3, -0.25) is 14.6 Å². The number of amides is 3. The van der Waals surface area contributed by atoms with Gasteiger partial charge in [-0.05, 0) is 61.9 Å². The van der Waals surface area contributed by atoms with Crippen LogP contribution in [0.25, 0.3) is 0 Å². The molecule has 1 atom stereocenters. The quantitative estimate of drug-likeness (QED) is 0.333. The third kappa shape index (κ3) is 6.86. The van der Waals surface area contributed by atoms with Gasteiger partial charge in [0.25, 0.3) is 5.91 Å². The first-order chi connectivity index (χ1) is 21.4. The lowest BCUT2D eigenvalue weighted by Crippen LogP contribution is -2.53. The number of benzene rings is 3. The summed E-state index contributed by atoms with van der Waals surface area (Å²) in [7, 11) is 1.58. The zero-order valence-electron chi connectivity index (χ0n) is 25.3. The standard InChI is InChI=1S/C34H38N4O6/c1-4-38-29(23-36-17-19-37(20-18-36)32(39)25-12-10-15-27(22-25)42-3)30(33(40)43-5-2)31(35-34(38)41)24-11-9-16-28(21-24)44-26-13-7-6-8-14-26/h6-16,21-22,31H,4-5,17-20,23H2,1-3H3,(H,35,41)/t31-/m1/s1. The molecular formula is C34H38N4O6. The molecule has 1 N–H and O–H groups in total. The van der Waals surface area contributed by atoms with E-state index in [4.69, 9.17) is 14.2 Å². The van der Waals surface area contributed by atoms with Crippen molar-refractivity contribution in [1.82, 2.24) is 20.0 Å². The van der Waals surface area contributed by atoms with E-state index in [1.165, 1.54) is 0 Å². The molecule has 0 radical (unpaired) electrons. The number of nitrogens with zero attached hydrogens (tertiary/aromatic N) is 3. The molecule has 1 fully saturated rings. The van der Waals surface area contributed by atoms with Crippen LogP contribution in [0.1, 0.15) is 35.8 Å². The summed E-state index contributed by atoms with van der Waals surface area (Å²) in [5.74, 6) is 1.37. The van der Waals surface area contributed by atoms with Crippen molar-refractivity contribution >= 4 is 17.9 Å². The maximum atomic E-state index is 13.6. The number of methoxy groups -OCH3 is 1. The van der Waals surface area contributed by atoms with Crippen molar-refractivity contribution in [3.63, 3.8) is 0 Å². The van der Waals surface area contributed by atoms with E-state index < -0.39 is 12.0 Å². The predicted octanol–water partition coefficient (Wildman–Crippen LogP) is 4.85.